The number of aliphatic carboxylic acids is 1. The highest BCUT2D eigenvalue weighted by atomic mass is 16.5. The summed E-state index contributed by atoms with van der Waals surface area (Å²) in [6, 6.07) is -0.0282. The van der Waals surface area contributed by atoms with E-state index >= 15 is 0 Å². The molecule has 2 amide bonds. The monoisotopic (exact) mass is 296 g/mol. The Morgan fingerprint density at radius 3 is 2.62 bits per heavy atom. The van der Waals surface area contributed by atoms with E-state index < -0.39 is 18.0 Å². The zero-order valence-corrected chi connectivity index (χ0v) is 12.5. The van der Waals surface area contributed by atoms with Crippen LogP contribution in [0.2, 0.25) is 0 Å². The standard InChI is InChI=1S/C13H20N4O4/c1-5-7(2)10(11(18)19)16-13(20)17-12-14-8(3)6-9(15-12)21-4/h6-7,10H,5H2,1-4H3,(H,18,19)(H2,14,15,16,17,20)/t7?,10-/m0/s1. The number of rotatable bonds is 6. The Hall–Kier alpha value is -2.38. The van der Waals surface area contributed by atoms with E-state index in [9.17, 15) is 9.59 Å². The minimum Gasteiger partial charge on any atom is -0.481 e. The number of hydrogen-bond donors (Lipinski definition) is 3. The molecule has 0 spiro atoms. The molecule has 8 nitrogen and oxygen atoms in total. The average molecular weight is 296 g/mol. The summed E-state index contributed by atoms with van der Waals surface area (Å²) in [6.07, 6.45) is 0.631. The summed E-state index contributed by atoms with van der Waals surface area (Å²) < 4.78 is 4.98. The highest BCUT2D eigenvalue weighted by Crippen LogP contribution is 2.12. The summed E-state index contributed by atoms with van der Waals surface area (Å²) in [7, 11) is 1.45. The van der Waals surface area contributed by atoms with Crippen LogP contribution in [-0.2, 0) is 4.79 Å². The number of ether oxygens (including phenoxy) is 1. The van der Waals surface area contributed by atoms with Crippen LogP contribution in [0.3, 0.4) is 0 Å². The Morgan fingerprint density at radius 2 is 2.10 bits per heavy atom. The van der Waals surface area contributed by atoms with E-state index in [1.54, 1.807) is 19.9 Å². The van der Waals surface area contributed by atoms with Crippen molar-refractivity contribution in [3.8, 4) is 5.88 Å². The molecule has 116 valence electrons. The largest absolute Gasteiger partial charge is 0.481 e. The second kappa shape index (κ2) is 7.41. The van der Waals surface area contributed by atoms with Gasteiger partial charge < -0.3 is 15.2 Å². The Morgan fingerprint density at radius 1 is 1.43 bits per heavy atom. The molecular formula is C13H20N4O4. The average Bonchev–Trinajstić information content (AvgIpc) is 2.42. The molecule has 1 aromatic heterocycles. The predicted octanol–water partition coefficient (Wildman–Crippen LogP) is 1.41. The number of urea groups is 1. The van der Waals surface area contributed by atoms with Gasteiger partial charge in [-0.3, -0.25) is 5.32 Å². The number of anilines is 1. The number of nitrogens with zero attached hydrogens (tertiary/aromatic N) is 2. The summed E-state index contributed by atoms with van der Waals surface area (Å²) in [5.41, 5.74) is 0.619. The van der Waals surface area contributed by atoms with E-state index in [4.69, 9.17) is 9.84 Å². The maximum Gasteiger partial charge on any atom is 0.326 e. The lowest BCUT2D eigenvalue weighted by molar-refractivity contribution is -0.140. The van der Waals surface area contributed by atoms with Crippen LogP contribution in [0.25, 0.3) is 0 Å². The maximum absolute atomic E-state index is 11.9. The molecule has 1 rings (SSSR count). The van der Waals surface area contributed by atoms with Gasteiger partial charge in [0.05, 0.1) is 7.11 Å². The predicted molar refractivity (Wildman–Crippen MR) is 76.4 cm³/mol. The number of aryl methyl sites for hydroxylation is 1. The molecule has 0 radical (unpaired) electrons. The first-order chi connectivity index (χ1) is 9.87. The lowest BCUT2D eigenvalue weighted by Gasteiger charge is -2.20. The van der Waals surface area contributed by atoms with Crippen LogP contribution in [0.4, 0.5) is 10.7 Å². The van der Waals surface area contributed by atoms with Gasteiger partial charge in [-0.05, 0) is 12.8 Å². The quantitative estimate of drug-likeness (QED) is 0.731. The number of nitrogens with one attached hydrogen (secondary N) is 2. The van der Waals surface area contributed by atoms with Crippen molar-refractivity contribution in [1.29, 1.82) is 0 Å². The molecule has 1 unspecified atom stereocenters. The molecule has 0 saturated carbocycles. The molecule has 1 aromatic rings. The van der Waals surface area contributed by atoms with Gasteiger partial charge in [0.15, 0.2) is 0 Å². The summed E-state index contributed by atoms with van der Waals surface area (Å²) in [5.74, 6) is -0.907. The zero-order valence-electron chi connectivity index (χ0n) is 12.5. The normalized spacial score (nSPS) is 13.1. The fourth-order valence-corrected chi connectivity index (χ4v) is 1.66. The third-order valence-electron chi connectivity index (χ3n) is 3.03. The van der Waals surface area contributed by atoms with Crippen LogP contribution < -0.4 is 15.4 Å². The van der Waals surface area contributed by atoms with Crippen molar-refractivity contribution < 1.29 is 19.4 Å². The molecule has 2 atom stereocenters. The van der Waals surface area contributed by atoms with Crippen molar-refractivity contribution in [2.75, 3.05) is 12.4 Å². The van der Waals surface area contributed by atoms with Crippen LogP contribution in [-0.4, -0.2) is 40.2 Å². The van der Waals surface area contributed by atoms with Crippen molar-refractivity contribution in [2.24, 2.45) is 5.92 Å². The van der Waals surface area contributed by atoms with Crippen LogP contribution in [0.5, 0.6) is 5.88 Å². The minimum absolute atomic E-state index is 0.0534. The molecule has 1 heterocycles. The SMILES string of the molecule is CCC(C)[C@H](NC(=O)Nc1nc(C)cc(OC)n1)C(=O)O. The van der Waals surface area contributed by atoms with E-state index in [0.29, 0.717) is 18.0 Å². The summed E-state index contributed by atoms with van der Waals surface area (Å²) in [4.78, 5) is 31.0. The van der Waals surface area contributed by atoms with Crippen LogP contribution in [0.15, 0.2) is 6.07 Å². The van der Waals surface area contributed by atoms with Gasteiger partial charge in [0.2, 0.25) is 11.8 Å². The van der Waals surface area contributed by atoms with E-state index in [2.05, 4.69) is 20.6 Å². The van der Waals surface area contributed by atoms with Gasteiger partial charge in [-0.1, -0.05) is 20.3 Å². The molecule has 8 heteroatoms. The molecule has 0 aliphatic carbocycles. The molecule has 0 aliphatic rings. The third kappa shape index (κ3) is 4.90. The lowest BCUT2D eigenvalue weighted by Crippen LogP contribution is -2.46. The van der Waals surface area contributed by atoms with Crippen LogP contribution in [0, 0.1) is 12.8 Å². The molecule has 3 N–H and O–H groups in total. The first-order valence-corrected chi connectivity index (χ1v) is 6.57. The van der Waals surface area contributed by atoms with E-state index in [-0.39, 0.29) is 11.9 Å². The van der Waals surface area contributed by atoms with Gasteiger partial charge in [-0.15, -0.1) is 0 Å². The Bertz CT molecular complexity index is 521. The topological polar surface area (TPSA) is 113 Å². The van der Waals surface area contributed by atoms with Crippen molar-refractivity contribution in [3.05, 3.63) is 11.8 Å². The number of carbonyl (C=O) groups is 2. The summed E-state index contributed by atoms with van der Waals surface area (Å²) in [5, 5.41) is 13.9. The highest BCUT2D eigenvalue weighted by Gasteiger charge is 2.25. The smallest absolute Gasteiger partial charge is 0.326 e. The fourth-order valence-electron chi connectivity index (χ4n) is 1.66. The van der Waals surface area contributed by atoms with Crippen molar-refractivity contribution in [3.63, 3.8) is 0 Å². The van der Waals surface area contributed by atoms with Crippen LogP contribution in [0.1, 0.15) is 26.0 Å². The number of carboxylic acid groups (broad SMARTS) is 1. The zero-order chi connectivity index (χ0) is 16.0. The number of amides is 2. The highest BCUT2D eigenvalue weighted by molar-refractivity contribution is 5.90. The molecule has 0 aliphatic heterocycles. The van der Waals surface area contributed by atoms with Crippen molar-refractivity contribution in [1.82, 2.24) is 15.3 Å². The molecule has 0 fully saturated rings. The van der Waals surface area contributed by atoms with Gasteiger partial charge in [0.1, 0.15) is 6.04 Å². The Balaban J connectivity index is 2.76. The van der Waals surface area contributed by atoms with Gasteiger partial charge in [0, 0.05) is 11.8 Å². The van der Waals surface area contributed by atoms with E-state index in [0.717, 1.165) is 0 Å². The van der Waals surface area contributed by atoms with Gasteiger partial charge in [0.25, 0.3) is 0 Å². The molecule has 0 bridgehead atoms. The maximum atomic E-state index is 11.9. The number of methoxy groups -OCH3 is 1. The van der Waals surface area contributed by atoms with Gasteiger partial charge >= 0.3 is 12.0 Å². The first-order valence-electron chi connectivity index (χ1n) is 6.57. The number of carboxylic acids is 1. The van der Waals surface area contributed by atoms with Gasteiger partial charge in [-0.2, -0.15) is 4.98 Å². The summed E-state index contributed by atoms with van der Waals surface area (Å²) in [6.45, 7) is 5.34. The second-order valence-electron chi connectivity index (χ2n) is 4.68. The Labute approximate surface area is 122 Å². The van der Waals surface area contributed by atoms with Crippen molar-refractivity contribution >= 4 is 17.9 Å². The lowest BCUT2D eigenvalue weighted by atomic mass is 10.00. The Kier molecular flexibility index (Phi) is 5.89. The first kappa shape index (κ1) is 16.7. The molecular weight excluding hydrogens is 276 g/mol. The molecule has 21 heavy (non-hydrogen) atoms. The minimum atomic E-state index is -1.08. The fraction of sp³-hybridized carbons (Fsp3) is 0.538. The van der Waals surface area contributed by atoms with E-state index in [1.165, 1.54) is 7.11 Å². The van der Waals surface area contributed by atoms with Crippen molar-refractivity contribution in [2.45, 2.75) is 33.2 Å². The number of hydrogen-bond acceptors (Lipinski definition) is 5. The van der Waals surface area contributed by atoms with Gasteiger partial charge in [-0.25, -0.2) is 14.6 Å². The van der Waals surface area contributed by atoms with E-state index in [1.807, 2.05) is 6.92 Å². The summed E-state index contributed by atoms with van der Waals surface area (Å²) >= 11 is 0. The van der Waals surface area contributed by atoms with Crippen LogP contribution >= 0.6 is 0 Å². The molecule has 0 saturated heterocycles. The molecule has 0 aromatic carbocycles. The third-order valence-corrected chi connectivity index (χ3v) is 3.03. The number of carbonyl (C=O) groups excluding carboxylic acids is 1. The second-order valence-corrected chi connectivity index (χ2v) is 4.68. The number of aromatic nitrogens is 2.